The molecule has 1 rings (SSSR count). The van der Waals surface area contributed by atoms with Gasteiger partial charge in [0.1, 0.15) is 12.7 Å². The minimum atomic E-state index is -2.12. The van der Waals surface area contributed by atoms with Gasteiger partial charge >= 0.3 is 35.8 Å². The van der Waals surface area contributed by atoms with Crippen LogP contribution in [0.15, 0.2) is 0 Å². The lowest BCUT2D eigenvalue weighted by atomic mass is 9.93. The van der Waals surface area contributed by atoms with Gasteiger partial charge < -0.3 is 33.7 Å². The summed E-state index contributed by atoms with van der Waals surface area (Å²) in [5.41, 5.74) is 0. The Balaban J connectivity index is 3.83. The normalized spacial score (nSPS) is 24.4. The molecule has 1 fully saturated rings. The Morgan fingerprint density at radius 3 is 1.89 bits per heavy atom. The SMILES string of the molecule is COC(=O)[C@]1(OC(C)=O)C[C@@H](OC(C)=O)[C@H](NC(C)=O)[C@H]([C@H](OC(C)=O)[C@@H](COC(C)=O)OC(C)=O)S1. The van der Waals surface area contributed by atoms with E-state index in [1.54, 1.807) is 0 Å². The topological polar surface area (TPSA) is 187 Å². The molecule has 14 nitrogen and oxygen atoms in total. The van der Waals surface area contributed by atoms with Crippen LogP contribution in [0.1, 0.15) is 48.0 Å². The highest BCUT2D eigenvalue weighted by atomic mass is 32.2. The zero-order chi connectivity index (χ0) is 28.5. The molecule has 208 valence electrons. The molecule has 1 saturated heterocycles. The molecule has 15 heteroatoms. The number of ether oxygens (including phenoxy) is 6. The predicted octanol–water partition coefficient (Wildman–Crippen LogP) is -0.213. The fourth-order valence-electron chi connectivity index (χ4n) is 3.74. The first-order valence-electron chi connectivity index (χ1n) is 11.0. The van der Waals surface area contributed by atoms with E-state index in [9.17, 15) is 33.6 Å². The molecule has 0 saturated carbocycles. The molecule has 1 N–H and O–H groups in total. The summed E-state index contributed by atoms with van der Waals surface area (Å²) in [5, 5.41) is 1.32. The van der Waals surface area contributed by atoms with Crippen LogP contribution in [0.5, 0.6) is 0 Å². The number of nitrogens with one attached hydrogen (secondary N) is 1. The Bertz CT molecular complexity index is 922. The molecule has 1 aliphatic rings. The zero-order valence-electron chi connectivity index (χ0n) is 21.5. The Labute approximate surface area is 217 Å². The number of carbonyl (C=O) groups is 7. The van der Waals surface area contributed by atoms with Gasteiger partial charge in [-0.1, -0.05) is 11.8 Å². The van der Waals surface area contributed by atoms with Crippen molar-refractivity contribution in [2.24, 2.45) is 0 Å². The minimum absolute atomic E-state index is 0.445. The molecule has 0 aliphatic carbocycles. The van der Waals surface area contributed by atoms with E-state index >= 15 is 0 Å². The van der Waals surface area contributed by atoms with Gasteiger partial charge in [0, 0.05) is 48.0 Å². The molecule has 1 heterocycles. The number of carbonyl (C=O) groups excluding carboxylic acids is 7. The summed E-state index contributed by atoms with van der Waals surface area (Å²) in [5.74, 6) is -5.75. The number of methoxy groups -OCH3 is 1. The third-order valence-electron chi connectivity index (χ3n) is 4.80. The summed E-state index contributed by atoms with van der Waals surface area (Å²) in [7, 11) is 1.04. The lowest BCUT2D eigenvalue weighted by Gasteiger charge is -2.47. The van der Waals surface area contributed by atoms with Crippen molar-refractivity contribution in [3.8, 4) is 0 Å². The standard InChI is InChI=1S/C22H31NO13S/c1-10(24)23-18-16(33-12(3)26)8-22(21(30)31-7,36-15(6)29)37-20(18)19(35-14(5)28)17(34-13(4)27)9-32-11(2)25/h16-20H,8-9H2,1-7H3,(H,23,24)/t16-,17-,18+,19-,20-,22+/m1/s1. The van der Waals surface area contributed by atoms with Crippen molar-refractivity contribution >= 4 is 53.5 Å². The van der Waals surface area contributed by atoms with E-state index in [-0.39, 0.29) is 0 Å². The maximum absolute atomic E-state index is 12.9. The molecule has 0 aromatic rings. The summed E-state index contributed by atoms with van der Waals surface area (Å²) in [6.07, 6.45) is -4.71. The highest BCUT2D eigenvalue weighted by Gasteiger charge is 2.59. The predicted molar refractivity (Wildman–Crippen MR) is 123 cm³/mol. The van der Waals surface area contributed by atoms with Gasteiger partial charge in [0.15, 0.2) is 12.2 Å². The smallest absolute Gasteiger partial charge is 0.361 e. The van der Waals surface area contributed by atoms with Crippen LogP contribution in [0.3, 0.4) is 0 Å². The number of rotatable bonds is 10. The van der Waals surface area contributed by atoms with E-state index in [0.29, 0.717) is 11.8 Å². The van der Waals surface area contributed by atoms with Gasteiger partial charge in [0.25, 0.3) is 4.93 Å². The van der Waals surface area contributed by atoms with Gasteiger partial charge in [-0.15, -0.1) is 0 Å². The third-order valence-corrected chi connectivity index (χ3v) is 6.43. The molecule has 0 aromatic heterocycles. The second kappa shape index (κ2) is 13.8. The van der Waals surface area contributed by atoms with Crippen LogP contribution in [-0.2, 0) is 62.0 Å². The van der Waals surface area contributed by atoms with Gasteiger partial charge in [0.2, 0.25) is 5.91 Å². The zero-order valence-corrected chi connectivity index (χ0v) is 22.3. The quantitative estimate of drug-likeness (QED) is 0.278. The highest BCUT2D eigenvalue weighted by Crippen LogP contribution is 2.47. The van der Waals surface area contributed by atoms with E-state index in [1.807, 2.05) is 0 Å². The second-order valence-electron chi connectivity index (χ2n) is 8.02. The maximum atomic E-state index is 12.9. The van der Waals surface area contributed by atoms with E-state index in [2.05, 4.69) is 5.32 Å². The van der Waals surface area contributed by atoms with Gasteiger partial charge in [-0.05, 0) is 0 Å². The van der Waals surface area contributed by atoms with Gasteiger partial charge in [-0.2, -0.15) is 0 Å². The van der Waals surface area contributed by atoms with Crippen molar-refractivity contribution in [3.63, 3.8) is 0 Å². The first kappa shape index (κ1) is 31.7. The molecular weight excluding hydrogens is 518 g/mol. The lowest BCUT2D eigenvalue weighted by Crippen LogP contribution is -2.65. The van der Waals surface area contributed by atoms with Crippen LogP contribution >= 0.6 is 11.8 Å². The van der Waals surface area contributed by atoms with Gasteiger partial charge in [-0.3, -0.25) is 28.8 Å². The maximum Gasteiger partial charge on any atom is 0.361 e. The molecule has 0 spiro atoms. The number of thioether (sulfide) groups is 1. The molecule has 1 amide bonds. The summed E-state index contributed by atoms with van der Waals surface area (Å²) >= 11 is 0.628. The first-order valence-corrected chi connectivity index (χ1v) is 11.9. The summed E-state index contributed by atoms with van der Waals surface area (Å²) < 4.78 is 31.3. The molecule has 1 aliphatic heterocycles. The molecule has 0 bridgehead atoms. The molecule has 0 aromatic carbocycles. The summed E-state index contributed by atoms with van der Waals surface area (Å²) in [6.45, 7) is 5.92. The Morgan fingerprint density at radius 2 is 1.46 bits per heavy atom. The van der Waals surface area contributed by atoms with Crippen molar-refractivity contribution < 1.29 is 62.0 Å². The van der Waals surface area contributed by atoms with E-state index < -0.39 is 89.3 Å². The van der Waals surface area contributed by atoms with Crippen molar-refractivity contribution in [2.75, 3.05) is 13.7 Å². The number of amides is 1. The largest absolute Gasteiger partial charge is 0.465 e. The van der Waals surface area contributed by atoms with E-state index in [4.69, 9.17) is 28.4 Å². The number of esters is 6. The van der Waals surface area contributed by atoms with Crippen LogP contribution < -0.4 is 5.32 Å². The molecule has 0 radical (unpaired) electrons. The Morgan fingerprint density at radius 1 is 0.865 bits per heavy atom. The lowest BCUT2D eigenvalue weighted by molar-refractivity contribution is -0.180. The van der Waals surface area contributed by atoms with Gasteiger partial charge in [-0.25, -0.2) is 4.79 Å². The number of hydrogen-bond donors (Lipinski definition) is 1. The monoisotopic (exact) mass is 549 g/mol. The molecule has 0 unspecified atom stereocenters. The van der Waals surface area contributed by atoms with Crippen LogP contribution in [0, 0.1) is 0 Å². The third kappa shape index (κ3) is 9.55. The van der Waals surface area contributed by atoms with Crippen LogP contribution in [0.25, 0.3) is 0 Å². The first-order chi connectivity index (χ1) is 17.1. The Hall–Kier alpha value is -3.36. The number of hydrogen-bond acceptors (Lipinski definition) is 14. The van der Waals surface area contributed by atoms with Crippen molar-refractivity contribution in [3.05, 3.63) is 0 Å². The van der Waals surface area contributed by atoms with Crippen molar-refractivity contribution in [1.82, 2.24) is 5.32 Å². The van der Waals surface area contributed by atoms with E-state index in [1.165, 1.54) is 6.92 Å². The van der Waals surface area contributed by atoms with Gasteiger partial charge in [0.05, 0.1) is 18.4 Å². The second-order valence-corrected chi connectivity index (χ2v) is 9.46. The average molecular weight is 550 g/mol. The van der Waals surface area contributed by atoms with Crippen LogP contribution in [0.2, 0.25) is 0 Å². The molecule has 6 atom stereocenters. The van der Waals surface area contributed by atoms with Crippen molar-refractivity contribution in [2.45, 2.75) is 82.5 Å². The van der Waals surface area contributed by atoms with Crippen LogP contribution in [0.4, 0.5) is 0 Å². The molecule has 37 heavy (non-hydrogen) atoms. The average Bonchev–Trinajstić information content (AvgIpc) is 2.74. The Kier molecular flexibility index (Phi) is 11.8. The summed E-state index contributed by atoms with van der Waals surface area (Å²) in [4.78, 5) is 82.4. The van der Waals surface area contributed by atoms with Crippen LogP contribution in [-0.4, -0.2) is 90.0 Å². The van der Waals surface area contributed by atoms with E-state index in [0.717, 1.165) is 41.7 Å². The highest BCUT2D eigenvalue weighted by molar-refractivity contribution is 8.02. The minimum Gasteiger partial charge on any atom is -0.465 e. The van der Waals surface area contributed by atoms with Crippen molar-refractivity contribution in [1.29, 1.82) is 0 Å². The fraction of sp³-hybridized carbons (Fsp3) is 0.682. The summed E-state index contributed by atoms with van der Waals surface area (Å²) in [6, 6.07) is -1.17. The molecular formula is C22H31NO13S. The fourth-order valence-corrected chi connectivity index (χ4v) is 5.54.